The summed E-state index contributed by atoms with van der Waals surface area (Å²) in [4.78, 5) is 39.8. The van der Waals surface area contributed by atoms with Crippen molar-refractivity contribution in [2.45, 2.75) is 199 Å². The molecule has 3 aliphatic carbocycles. The van der Waals surface area contributed by atoms with Gasteiger partial charge in [0.25, 0.3) is 0 Å². The van der Waals surface area contributed by atoms with Crippen LogP contribution in [0.1, 0.15) is 204 Å². The first-order chi connectivity index (χ1) is 23.3. The zero-order valence-corrected chi connectivity index (χ0v) is 29.5. The van der Waals surface area contributed by atoms with Gasteiger partial charge in [-0.2, -0.15) is 9.97 Å². The zero-order chi connectivity index (χ0) is 32.6. The van der Waals surface area contributed by atoms with Crippen LogP contribution < -0.4 is 20.6 Å². The van der Waals surface area contributed by atoms with E-state index in [0.717, 1.165) is 82.0 Å². The van der Waals surface area contributed by atoms with Crippen LogP contribution in [0, 0.1) is 0 Å². The summed E-state index contributed by atoms with van der Waals surface area (Å²) >= 11 is 0. The molecule has 0 saturated heterocycles. The Morgan fingerprint density at radius 3 is 1.32 bits per heavy atom. The SMILES string of the molecule is O=C1CCCCCCCCCCC1c1nc(ONC2=CCCCCCCCCCC2)nc(ONC2=CCCCCCCCCCC2)n1. The van der Waals surface area contributed by atoms with Gasteiger partial charge in [0.2, 0.25) is 0 Å². The van der Waals surface area contributed by atoms with Crippen LogP contribution in [-0.2, 0) is 4.79 Å². The second-order valence-electron chi connectivity index (χ2n) is 14.2. The van der Waals surface area contributed by atoms with E-state index in [1.807, 2.05) is 0 Å². The summed E-state index contributed by atoms with van der Waals surface area (Å²) in [7, 11) is 0. The van der Waals surface area contributed by atoms with Crippen LogP contribution in [0.5, 0.6) is 12.0 Å². The first kappa shape index (κ1) is 37.2. The number of hydroxylamine groups is 2. The quantitative estimate of drug-likeness (QED) is 0.281. The van der Waals surface area contributed by atoms with E-state index in [9.17, 15) is 4.79 Å². The van der Waals surface area contributed by atoms with E-state index < -0.39 is 0 Å². The molecule has 1 saturated carbocycles. The number of hydrogen-bond acceptors (Lipinski definition) is 8. The van der Waals surface area contributed by atoms with E-state index in [1.54, 1.807) is 0 Å². The predicted molar refractivity (Wildman–Crippen MR) is 190 cm³/mol. The van der Waals surface area contributed by atoms with Crippen molar-refractivity contribution >= 4 is 5.78 Å². The zero-order valence-electron chi connectivity index (χ0n) is 29.5. The van der Waals surface area contributed by atoms with E-state index >= 15 is 0 Å². The van der Waals surface area contributed by atoms with Gasteiger partial charge in [-0.3, -0.25) is 4.79 Å². The van der Waals surface area contributed by atoms with E-state index in [0.29, 0.717) is 12.2 Å². The third-order valence-electron chi connectivity index (χ3n) is 10.1. The number of aromatic nitrogens is 3. The van der Waals surface area contributed by atoms with Gasteiger partial charge < -0.3 is 9.68 Å². The van der Waals surface area contributed by atoms with Crippen molar-refractivity contribution in [2.24, 2.45) is 0 Å². The lowest BCUT2D eigenvalue weighted by Crippen LogP contribution is -2.24. The third-order valence-corrected chi connectivity index (χ3v) is 10.1. The largest absolute Gasteiger partial charge is 0.349 e. The van der Waals surface area contributed by atoms with Gasteiger partial charge in [0.1, 0.15) is 11.6 Å². The lowest BCUT2D eigenvalue weighted by Gasteiger charge is -2.18. The van der Waals surface area contributed by atoms with Crippen molar-refractivity contribution < 1.29 is 14.5 Å². The Morgan fingerprint density at radius 2 is 0.851 bits per heavy atom. The average molecular weight is 652 g/mol. The Bertz CT molecular complexity index is 1010. The first-order valence-electron chi connectivity index (χ1n) is 19.8. The molecule has 1 aromatic rings. The van der Waals surface area contributed by atoms with Crippen LogP contribution in [0.2, 0.25) is 0 Å². The molecule has 4 rings (SSSR count). The number of ketones is 1. The molecule has 0 bridgehead atoms. The topological polar surface area (TPSA) is 98.3 Å². The van der Waals surface area contributed by atoms with Gasteiger partial charge in [-0.25, -0.2) is 11.0 Å². The first-order valence-corrected chi connectivity index (χ1v) is 19.8. The lowest BCUT2D eigenvalue weighted by atomic mass is 9.91. The minimum Gasteiger partial charge on any atom is -0.340 e. The Kier molecular flexibility index (Phi) is 18.7. The molecule has 1 fully saturated rings. The van der Waals surface area contributed by atoms with Crippen LogP contribution in [0.3, 0.4) is 0 Å². The third kappa shape index (κ3) is 15.9. The molecule has 1 heterocycles. The van der Waals surface area contributed by atoms with Gasteiger partial charge >= 0.3 is 12.0 Å². The molecule has 0 aliphatic heterocycles. The molecule has 0 amide bonds. The Balaban J connectivity index is 1.51. The molecule has 0 aromatic carbocycles. The summed E-state index contributed by atoms with van der Waals surface area (Å²) in [5, 5.41) is 0. The smallest absolute Gasteiger partial charge is 0.340 e. The van der Waals surface area contributed by atoms with Crippen molar-refractivity contribution in [3.63, 3.8) is 0 Å². The number of carbonyl (C=O) groups excluding carboxylic acids is 1. The number of rotatable bonds is 7. The number of carbonyl (C=O) groups is 1. The normalized spacial score (nSPS) is 23.0. The molecule has 264 valence electrons. The summed E-state index contributed by atoms with van der Waals surface area (Å²) < 4.78 is 0. The van der Waals surface area contributed by atoms with Gasteiger partial charge in [-0.05, 0) is 64.2 Å². The summed E-state index contributed by atoms with van der Waals surface area (Å²) in [5.74, 6) is 0.317. The number of allylic oxidation sites excluding steroid dienone is 4. The van der Waals surface area contributed by atoms with Gasteiger partial charge in [0.15, 0.2) is 0 Å². The number of nitrogens with zero attached hydrogens (tertiary/aromatic N) is 3. The predicted octanol–water partition coefficient (Wildman–Crippen LogP) is 10.8. The van der Waals surface area contributed by atoms with Crippen LogP contribution in [0.4, 0.5) is 0 Å². The summed E-state index contributed by atoms with van der Waals surface area (Å²) in [6.45, 7) is 0. The van der Waals surface area contributed by atoms with Crippen LogP contribution in [0.25, 0.3) is 0 Å². The molecular formula is C39H65N5O3. The fourth-order valence-electron chi connectivity index (χ4n) is 7.12. The van der Waals surface area contributed by atoms with Crippen molar-refractivity contribution in [1.29, 1.82) is 0 Å². The maximum Gasteiger partial charge on any atom is 0.349 e. The van der Waals surface area contributed by atoms with Gasteiger partial charge in [-0.1, -0.05) is 134 Å². The fourth-order valence-corrected chi connectivity index (χ4v) is 7.12. The Hall–Kier alpha value is -2.64. The molecule has 8 heteroatoms. The molecule has 2 N–H and O–H groups in total. The average Bonchev–Trinajstić information content (AvgIpc) is 3.06. The summed E-state index contributed by atoms with van der Waals surface area (Å²) in [6, 6.07) is 0.316. The van der Waals surface area contributed by atoms with E-state index in [-0.39, 0.29) is 23.7 Å². The Labute approximate surface area is 285 Å². The highest BCUT2D eigenvalue weighted by Crippen LogP contribution is 2.27. The van der Waals surface area contributed by atoms with Crippen molar-refractivity contribution in [2.75, 3.05) is 0 Å². The minimum atomic E-state index is -0.372. The summed E-state index contributed by atoms with van der Waals surface area (Å²) in [5.41, 5.74) is 8.54. The number of nitrogens with one attached hydrogen (secondary N) is 2. The highest BCUT2D eigenvalue weighted by molar-refractivity contribution is 5.84. The van der Waals surface area contributed by atoms with Gasteiger partial charge in [0.05, 0.1) is 5.92 Å². The molecule has 47 heavy (non-hydrogen) atoms. The Morgan fingerprint density at radius 1 is 0.468 bits per heavy atom. The molecule has 0 radical (unpaired) electrons. The second kappa shape index (κ2) is 23.6. The van der Waals surface area contributed by atoms with Crippen LogP contribution in [0.15, 0.2) is 23.5 Å². The summed E-state index contributed by atoms with van der Waals surface area (Å²) in [6.07, 6.45) is 39.3. The van der Waals surface area contributed by atoms with Gasteiger partial charge in [0, 0.05) is 17.8 Å². The monoisotopic (exact) mass is 652 g/mol. The van der Waals surface area contributed by atoms with E-state index in [1.165, 1.54) is 116 Å². The maximum absolute atomic E-state index is 13.6. The fraction of sp³-hybridized carbons (Fsp3) is 0.795. The number of hydrogen-bond donors (Lipinski definition) is 2. The maximum atomic E-state index is 13.6. The molecule has 1 aromatic heterocycles. The van der Waals surface area contributed by atoms with Crippen LogP contribution in [-0.4, -0.2) is 20.7 Å². The molecule has 0 spiro atoms. The van der Waals surface area contributed by atoms with E-state index in [4.69, 9.17) is 19.6 Å². The van der Waals surface area contributed by atoms with Crippen LogP contribution >= 0.6 is 0 Å². The molecular weight excluding hydrogens is 586 g/mol. The van der Waals surface area contributed by atoms with Gasteiger partial charge in [-0.15, -0.1) is 4.98 Å². The molecule has 8 nitrogen and oxygen atoms in total. The molecule has 1 atom stereocenters. The molecule has 1 unspecified atom stereocenters. The van der Waals surface area contributed by atoms with Crippen molar-refractivity contribution in [1.82, 2.24) is 25.9 Å². The highest BCUT2D eigenvalue weighted by Gasteiger charge is 2.26. The highest BCUT2D eigenvalue weighted by atomic mass is 16.7. The van der Waals surface area contributed by atoms with E-state index in [2.05, 4.69) is 28.1 Å². The lowest BCUT2D eigenvalue weighted by molar-refractivity contribution is -0.121. The molecule has 3 aliphatic rings. The standard InChI is InChI=1S/C39H65N5O3/c45-36-32-26-20-14-8-7-13-19-25-31-35(36)37-40-38(46-43-33-27-21-15-9-3-1-4-10-16-22-28-33)42-39(41-37)47-44-34-29-23-17-11-5-2-6-12-18-24-30-34/h27,29,35,43-44H,1-26,28,30-32H2. The number of Topliss-reactive ketones (excluding diaryl/α,β-unsaturated/α-hetero) is 1. The minimum absolute atomic E-state index is 0.158. The van der Waals surface area contributed by atoms with Crippen molar-refractivity contribution in [3.05, 3.63) is 29.4 Å². The van der Waals surface area contributed by atoms with Crippen molar-refractivity contribution in [3.8, 4) is 12.0 Å². The second-order valence-corrected chi connectivity index (χ2v) is 14.2.